The van der Waals surface area contributed by atoms with Crippen molar-refractivity contribution in [3.8, 4) is 0 Å². The van der Waals surface area contributed by atoms with Gasteiger partial charge in [0.05, 0.1) is 12.6 Å². The maximum Gasteiger partial charge on any atom is 0.244 e. The number of thioether (sulfide) groups is 1. The Hall–Kier alpha value is -0.630. The van der Waals surface area contributed by atoms with E-state index in [2.05, 4.69) is 34.2 Å². The highest BCUT2D eigenvalue weighted by atomic mass is 32.2. The van der Waals surface area contributed by atoms with Gasteiger partial charge >= 0.3 is 0 Å². The summed E-state index contributed by atoms with van der Waals surface area (Å²) in [5.41, 5.74) is 0. The van der Waals surface area contributed by atoms with Crippen molar-refractivity contribution in [2.24, 2.45) is 0 Å². The van der Waals surface area contributed by atoms with Crippen LogP contribution >= 0.6 is 11.8 Å². The van der Waals surface area contributed by atoms with Crippen LogP contribution in [0.3, 0.4) is 0 Å². The molecule has 0 amide bonds. The van der Waals surface area contributed by atoms with Crippen molar-refractivity contribution in [2.75, 3.05) is 37.7 Å². The fraction of sp³-hybridized carbons (Fsp3) is 0.846. The molecule has 2 unspecified atom stereocenters. The van der Waals surface area contributed by atoms with Crippen LogP contribution in [0.4, 0.5) is 0 Å². The van der Waals surface area contributed by atoms with E-state index in [0.29, 0.717) is 17.8 Å². The van der Waals surface area contributed by atoms with Crippen LogP contribution in [0.15, 0.2) is 4.52 Å². The van der Waals surface area contributed by atoms with Gasteiger partial charge in [0.2, 0.25) is 11.7 Å². The molecule has 20 heavy (non-hydrogen) atoms. The summed E-state index contributed by atoms with van der Waals surface area (Å²) in [5, 5.41) is 7.53. The van der Waals surface area contributed by atoms with E-state index in [9.17, 15) is 0 Å². The van der Waals surface area contributed by atoms with E-state index in [1.807, 2.05) is 11.8 Å². The third kappa shape index (κ3) is 3.16. The number of rotatable bonds is 3. The molecule has 3 heterocycles. The first-order valence-electron chi connectivity index (χ1n) is 7.24. The topological polar surface area (TPSA) is 63.4 Å². The minimum absolute atomic E-state index is 0.0695. The van der Waals surface area contributed by atoms with Crippen LogP contribution in [-0.4, -0.2) is 58.8 Å². The maximum atomic E-state index is 5.79. The van der Waals surface area contributed by atoms with Crippen molar-refractivity contribution in [1.29, 1.82) is 0 Å². The molecule has 3 rings (SSSR count). The van der Waals surface area contributed by atoms with E-state index in [-0.39, 0.29) is 12.1 Å². The van der Waals surface area contributed by atoms with Gasteiger partial charge in [0, 0.05) is 37.2 Å². The molecule has 2 fully saturated rings. The number of hydrogen-bond donors (Lipinski definition) is 1. The lowest BCUT2D eigenvalue weighted by atomic mass is 10.2. The Labute approximate surface area is 123 Å². The largest absolute Gasteiger partial charge is 0.367 e. The van der Waals surface area contributed by atoms with Crippen LogP contribution < -0.4 is 5.32 Å². The first-order valence-corrected chi connectivity index (χ1v) is 8.40. The summed E-state index contributed by atoms with van der Waals surface area (Å²) in [4.78, 5) is 6.93. The normalized spacial score (nSPS) is 28.9. The summed E-state index contributed by atoms with van der Waals surface area (Å²) in [6.07, 6.45) is -0.0695. The lowest BCUT2D eigenvalue weighted by molar-refractivity contribution is -0.0450. The van der Waals surface area contributed by atoms with Gasteiger partial charge in [0.1, 0.15) is 6.10 Å². The zero-order valence-electron chi connectivity index (χ0n) is 12.0. The van der Waals surface area contributed by atoms with Gasteiger partial charge in [-0.3, -0.25) is 4.90 Å². The van der Waals surface area contributed by atoms with Gasteiger partial charge in [-0.25, -0.2) is 0 Å². The second-order valence-electron chi connectivity index (χ2n) is 5.52. The smallest absolute Gasteiger partial charge is 0.244 e. The molecule has 0 bridgehead atoms. The number of morpholine rings is 1. The van der Waals surface area contributed by atoms with Crippen molar-refractivity contribution in [1.82, 2.24) is 20.4 Å². The molecular formula is C13H22N4O2S. The molecule has 1 N–H and O–H groups in total. The predicted octanol–water partition coefficient (Wildman–Crippen LogP) is 1.23. The molecule has 2 atom stereocenters. The molecule has 2 aliphatic rings. The minimum Gasteiger partial charge on any atom is -0.367 e. The summed E-state index contributed by atoms with van der Waals surface area (Å²) in [6.45, 7) is 7.93. The van der Waals surface area contributed by atoms with Gasteiger partial charge in [0.25, 0.3) is 0 Å². The average Bonchev–Trinajstić information content (AvgIpc) is 2.98. The Kier molecular flexibility index (Phi) is 4.60. The average molecular weight is 298 g/mol. The molecule has 0 aromatic carbocycles. The third-order valence-corrected chi connectivity index (χ3v) is 4.86. The van der Waals surface area contributed by atoms with E-state index in [1.54, 1.807) is 0 Å². The zero-order valence-corrected chi connectivity index (χ0v) is 12.9. The minimum atomic E-state index is -0.0695. The second-order valence-corrected chi connectivity index (χ2v) is 6.67. The van der Waals surface area contributed by atoms with Crippen LogP contribution in [0, 0.1) is 0 Å². The molecule has 2 saturated heterocycles. The van der Waals surface area contributed by atoms with Crippen molar-refractivity contribution in [2.45, 2.75) is 32.0 Å². The summed E-state index contributed by atoms with van der Waals surface area (Å²) >= 11 is 1.92. The summed E-state index contributed by atoms with van der Waals surface area (Å²) in [5.74, 6) is 3.51. The quantitative estimate of drug-likeness (QED) is 0.900. The van der Waals surface area contributed by atoms with E-state index in [0.717, 1.165) is 37.7 Å². The standard InChI is InChI=1S/C13H22N4O2S/c1-9(2)17-4-5-18-11(7-17)12-15-13(19-16-12)10-8-20-6-3-14-10/h9-11,14H,3-8H2,1-2H3. The van der Waals surface area contributed by atoms with Gasteiger partial charge in [-0.2, -0.15) is 16.7 Å². The van der Waals surface area contributed by atoms with Crippen LogP contribution in [0.2, 0.25) is 0 Å². The van der Waals surface area contributed by atoms with Crippen LogP contribution in [0.25, 0.3) is 0 Å². The first-order chi connectivity index (χ1) is 9.74. The maximum absolute atomic E-state index is 5.79. The molecule has 2 aliphatic heterocycles. The van der Waals surface area contributed by atoms with Crippen molar-refractivity contribution < 1.29 is 9.26 Å². The van der Waals surface area contributed by atoms with E-state index in [4.69, 9.17) is 9.26 Å². The number of ether oxygens (including phenoxy) is 1. The molecule has 112 valence electrons. The Morgan fingerprint density at radius 2 is 2.35 bits per heavy atom. The third-order valence-electron chi connectivity index (χ3n) is 3.79. The second kappa shape index (κ2) is 6.43. The van der Waals surface area contributed by atoms with Crippen LogP contribution in [0.5, 0.6) is 0 Å². The first kappa shape index (κ1) is 14.3. The molecule has 0 saturated carbocycles. The Balaban J connectivity index is 1.66. The fourth-order valence-electron chi connectivity index (χ4n) is 2.54. The van der Waals surface area contributed by atoms with Gasteiger partial charge in [-0.1, -0.05) is 5.16 Å². The molecule has 0 aliphatic carbocycles. The molecule has 7 heteroatoms. The SMILES string of the molecule is CC(C)N1CCOC(c2noc(C3CSCCN3)n2)C1. The summed E-state index contributed by atoms with van der Waals surface area (Å²) in [7, 11) is 0. The molecular weight excluding hydrogens is 276 g/mol. The lowest BCUT2D eigenvalue weighted by Gasteiger charge is -2.34. The Bertz CT molecular complexity index is 434. The summed E-state index contributed by atoms with van der Waals surface area (Å²) < 4.78 is 11.2. The van der Waals surface area contributed by atoms with Crippen molar-refractivity contribution in [3.05, 3.63) is 11.7 Å². The number of hydrogen-bond acceptors (Lipinski definition) is 7. The Morgan fingerprint density at radius 1 is 1.45 bits per heavy atom. The number of nitrogens with zero attached hydrogens (tertiary/aromatic N) is 3. The van der Waals surface area contributed by atoms with Gasteiger partial charge in [-0.05, 0) is 13.8 Å². The summed E-state index contributed by atoms with van der Waals surface area (Å²) in [6, 6.07) is 0.698. The molecule has 0 spiro atoms. The molecule has 1 aromatic heterocycles. The lowest BCUT2D eigenvalue weighted by Crippen LogP contribution is -2.42. The highest BCUT2D eigenvalue weighted by molar-refractivity contribution is 7.99. The highest BCUT2D eigenvalue weighted by Gasteiger charge is 2.29. The van der Waals surface area contributed by atoms with Crippen molar-refractivity contribution >= 4 is 11.8 Å². The molecule has 0 radical (unpaired) electrons. The monoisotopic (exact) mass is 298 g/mol. The van der Waals surface area contributed by atoms with E-state index in [1.165, 1.54) is 0 Å². The van der Waals surface area contributed by atoms with Gasteiger partial charge in [0.15, 0.2) is 0 Å². The van der Waals surface area contributed by atoms with Gasteiger partial charge < -0.3 is 14.6 Å². The van der Waals surface area contributed by atoms with Crippen LogP contribution in [0.1, 0.15) is 37.7 Å². The molecule has 6 nitrogen and oxygen atoms in total. The Morgan fingerprint density at radius 3 is 3.10 bits per heavy atom. The van der Waals surface area contributed by atoms with E-state index < -0.39 is 0 Å². The number of nitrogens with one attached hydrogen (secondary N) is 1. The zero-order chi connectivity index (χ0) is 13.9. The predicted molar refractivity (Wildman–Crippen MR) is 77.8 cm³/mol. The molecule has 1 aromatic rings. The number of aromatic nitrogens is 2. The highest BCUT2D eigenvalue weighted by Crippen LogP contribution is 2.25. The van der Waals surface area contributed by atoms with Crippen LogP contribution in [-0.2, 0) is 4.74 Å². The van der Waals surface area contributed by atoms with Gasteiger partial charge in [-0.15, -0.1) is 0 Å². The van der Waals surface area contributed by atoms with E-state index >= 15 is 0 Å². The van der Waals surface area contributed by atoms with Crippen molar-refractivity contribution in [3.63, 3.8) is 0 Å². The fourth-order valence-corrected chi connectivity index (χ4v) is 3.46.